The zero-order valence-corrected chi connectivity index (χ0v) is 12.9. The zero-order valence-electron chi connectivity index (χ0n) is 12.9. The van der Waals surface area contributed by atoms with E-state index in [4.69, 9.17) is 34.4 Å². The number of hydrogen-bond donors (Lipinski definition) is 8. The van der Waals surface area contributed by atoms with Crippen LogP contribution in [0.4, 0.5) is 0 Å². The molecule has 0 saturated heterocycles. The summed E-state index contributed by atoms with van der Waals surface area (Å²) in [4.78, 5) is 0. The fourth-order valence-electron chi connectivity index (χ4n) is 0.867. The number of nitrogens with two attached hydrogens (primary N) is 6. The van der Waals surface area contributed by atoms with E-state index >= 15 is 0 Å². The van der Waals surface area contributed by atoms with Crippen LogP contribution in [0.2, 0.25) is 0 Å². The van der Waals surface area contributed by atoms with Crippen LogP contribution in [0.15, 0.2) is 0 Å². The number of nitrogens with one attached hydrogen (secondary N) is 2. The molecule has 0 spiro atoms. The Bertz CT molecular complexity index is 108. The van der Waals surface area contributed by atoms with Crippen LogP contribution in [0.5, 0.6) is 0 Å². The summed E-state index contributed by atoms with van der Waals surface area (Å²) in [6.07, 6.45) is 1.89. The molecule has 14 N–H and O–H groups in total. The predicted octanol–water partition coefficient (Wildman–Crippen LogP) is -3.33. The number of rotatable bonds is 11. The summed E-state index contributed by atoms with van der Waals surface area (Å²) in [5.41, 5.74) is 30.8. The summed E-state index contributed by atoms with van der Waals surface area (Å²) < 4.78 is 0. The Morgan fingerprint density at radius 3 is 0.850 bits per heavy atom. The molecule has 8 nitrogen and oxygen atoms in total. The molecule has 8 heteroatoms. The van der Waals surface area contributed by atoms with E-state index in [0.717, 1.165) is 65.2 Å². The Morgan fingerprint density at radius 1 is 0.400 bits per heavy atom. The first-order valence-corrected chi connectivity index (χ1v) is 7.36. The highest BCUT2D eigenvalue weighted by Gasteiger charge is 1.83. The van der Waals surface area contributed by atoms with E-state index in [9.17, 15) is 0 Å². The monoisotopic (exact) mass is 294 g/mol. The SMILES string of the molecule is NCCCN.NCCCN.NCCNCCNCCN. The van der Waals surface area contributed by atoms with Crippen LogP contribution in [-0.4, -0.2) is 65.4 Å². The molecule has 0 unspecified atom stereocenters. The lowest BCUT2D eigenvalue weighted by Crippen LogP contribution is -2.32. The van der Waals surface area contributed by atoms with Crippen molar-refractivity contribution in [3.05, 3.63) is 0 Å². The second-order valence-corrected chi connectivity index (χ2v) is 3.94. The van der Waals surface area contributed by atoms with Crippen molar-refractivity contribution in [2.24, 2.45) is 34.4 Å². The van der Waals surface area contributed by atoms with E-state index in [-0.39, 0.29) is 0 Å². The Kier molecular flexibility index (Phi) is 38.5. The smallest absolute Gasteiger partial charge is 0.00772 e. The van der Waals surface area contributed by atoms with Crippen LogP contribution in [-0.2, 0) is 0 Å². The standard InChI is InChI=1S/C6H18N4.2C3H10N2/c7-1-3-9-5-6-10-4-2-8;2*4-2-1-3-5/h9-10H,1-8H2;2*1-5H2. The Labute approximate surface area is 124 Å². The molecule has 0 aromatic rings. The molecule has 0 saturated carbocycles. The molecule has 126 valence electrons. The van der Waals surface area contributed by atoms with Crippen LogP contribution in [0, 0.1) is 0 Å². The third-order valence-corrected chi connectivity index (χ3v) is 1.94. The molecule has 0 rings (SSSR count). The van der Waals surface area contributed by atoms with E-state index in [1.54, 1.807) is 0 Å². The molecule has 0 heterocycles. The third-order valence-electron chi connectivity index (χ3n) is 1.94. The Hall–Kier alpha value is -0.320. The highest BCUT2D eigenvalue weighted by atomic mass is 14.9. The summed E-state index contributed by atoms with van der Waals surface area (Å²) >= 11 is 0. The highest BCUT2D eigenvalue weighted by Crippen LogP contribution is 1.59. The molecule has 0 radical (unpaired) electrons. The summed E-state index contributed by atoms with van der Waals surface area (Å²) in [5.74, 6) is 0. The van der Waals surface area contributed by atoms with Crippen molar-refractivity contribution >= 4 is 0 Å². The summed E-state index contributed by atoms with van der Waals surface area (Å²) in [6.45, 7) is 8.01. The molecule has 0 atom stereocenters. The maximum Gasteiger partial charge on any atom is 0.00772 e. The van der Waals surface area contributed by atoms with Gasteiger partial charge in [-0.1, -0.05) is 0 Å². The van der Waals surface area contributed by atoms with Gasteiger partial charge in [-0.15, -0.1) is 0 Å². The molecule has 0 aromatic heterocycles. The van der Waals surface area contributed by atoms with Crippen LogP contribution in [0.1, 0.15) is 12.8 Å². The zero-order chi connectivity index (χ0) is 15.9. The first-order valence-electron chi connectivity index (χ1n) is 7.36. The van der Waals surface area contributed by atoms with Gasteiger partial charge in [-0.05, 0) is 39.0 Å². The van der Waals surface area contributed by atoms with Crippen molar-refractivity contribution in [3.63, 3.8) is 0 Å². The second-order valence-electron chi connectivity index (χ2n) is 3.94. The van der Waals surface area contributed by atoms with Crippen molar-refractivity contribution < 1.29 is 0 Å². The lowest BCUT2D eigenvalue weighted by Gasteiger charge is -2.03. The van der Waals surface area contributed by atoms with Crippen LogP contribution < -0.4 is 45.0 Å². The molecular weight excluding hydrogens is 256 g/mol. The topological polar surface area (TPSA) is 180 Å². The summed E-state index contributed by atoms with van der Waals surface area (Å²) in [7, 11) is 0. The van der Waals surface area contributed by atoms with Gasteiger partial charge in [0.05, 0.1) is 0 Å². The lowest BCUT2D eigenvalue weighted by molar-refractivity contribution is 0.618. The van der Waals surface area contributed by atoms with Crippen molar-refractivity contribution in [2.45, 2.75) is 12.8 Å². The Balaban J connectivity index is -0.000000244. The third kappa shape index (κ3) is 43.1. The summed E-state index contributed by atoms with van der Waals surface area (Å²) in [5, 5.41) is 6.33. The van der Waals surface area contributed by atoms with Crippen molar-refractivity contribution in [1.29, 1.82) is 0 Å². The van der Waals surface area contributed by atoms with Crippen LogP contribution in [0.3, 0.4) is 0 Å². The molecule has 0 aliphatic carbocycles. The average Bonchev–Trinajstić information content (AvgIpc) is 2.46. The van der Waals surface area contributed by atoms with Gasteiger partial charge in [-0.2, -0.15) is 0 Å². The van der Waals surface area contributed by atoms with Gasteiger partial charge in [-0.25, -0.2) is 0 Å². The van der Waals surface area contributed by atoms with E-state index in [0.29, 0.717) is 13.1 Å². The van der Waals surface area contributed by atoms with Gasteiger partial charge in [0.15, 0.2) is 0 Å². The molecular formula is C12H38N8. The van der Waals surface area contributed by atoms with E-state index in [1.165, 1.54) is 0 Å². The van der Waals surface area contributed by atoms with Crippen molar-refractivity contribution in [1.82, 2.24) is 10.6 Å². The molecule has 20 heavy (non-hydrogen) atoms. The predicted molar refractivity (Wildman–Crippen MR) is 89.3 cm³/mol. The second kappa shape index (κ2) is 31.2. The van der Waals surface area contributed by atoms with Gasteiger partial charge in [-0.3, -0.25) is 0 Å². The maximum atomic E-state index is 5.27. The van der Waals surface area contributed by atoms with E-state index in [1.807, 2.05) is 0 Å². The highest BCUT2D eigenvalue weighted by molar-refractivity contribution is 4.51. The summed E-state index contributed by atoms with van der Waals surface area (Å²) in [6, 6.07) is 0. The molecule has 0 fully saturated rings. The minimum Gasteiger partial charge on any atom is -0.330 e. The minimum absolute atomic E-state index is 0.705. The molecule has 0 aromatic carbocycles. The fourth-order valence-corrected chi connectivity index (χ4v) is 0.867. The minimum atomic E-state index is 0.705. The lowest BCUT2D eigenvalue weighted by atomic mass is 10.4. The van der Waals surface area contributed by atoms with Gasteiger partial charge in [0.1, 0.15) is 0 Å². The van der Waals surface area contributed by atoms with E-state index in [2.05, 4.69) is 10.6 Å². The quantitative estimate of drug-likeness (QED) is 0.182. The molecule has 0 aliphatic heterocycles. The molecule has 0 bridgehead atoms. The van der Waals surface area contributed by atoms with Gasteiger partial charge >= 0.3 is 0 Å². The average molecular weight is 294 g/mol. The Morgan fingerprint density at radius 2 is 0.700 bits per heavy atom. The first kappa shape index (κ1) is 24.7. The van der Waals surface area contributed by atoms with E-state index < -0.39 is 0 Å². The van der Waals surface area contributed by atoms with Gasteiger partial charge in [0.2, 0.25) is 0 Å². The van der Waals surface area contributed by atoms with Crippen molar-refractivity contribution in [3.8, 4) is 0 Å². The number of hydrogen-bond acceptors (Lipinski definition) is 8. The van der Waals surface area contributed by atoms with Crippen LogP contribution >= 0.6 is 0 Å². The van der Waals surface area contributed by atoms with Gasteiger partial charge in [0, 0.05) is 39.3 Å². The van der Waals surface area contributed by atoms with Gasteiger partial charge in [0.25, 0.3) is 0 Å². The largest absolute Gasteiger partial charge is 0.330 e. The molecule has 0 amide bonds. The molecule has 0 aliphatic rings. The van der Waals surface area contributed by atoms with Gasteiger partial charge < -0.3 is 45.0 Å². The first-order chi connectivity index (χ1) is 9.74. The maximum absolute atomic E-state index is 5.27. The normalized spacial score (nSPS) is 9.30. The van der Waals surface area contributed by atoms with Crippen molar-refractivity contribution in [2.75, 3.05) is 65.4 Å². The van der Waals surface area contributed by atoms with Crippen LogP contribution in [0.25, 0.3) is 0 Å². The fraction of sp³-hybridized carbons (Fsp3) is 1.00.